The van der Waals surface area contributed by atoms with Crippen LogP contribution in [-0.4, -0.2) is 21.9 Å². The van der Waals surface area contributed by atoms with Crippen LogP contribution in [-0.2, 0) is 13.0 Å². The topological polar surface area (TPSA) is 55.6 Å². The summed E-state index contributed by atoms with van der Waals surface area (Å²) in [5.41, 5.74) is 3.09. The first kappa shape index (κ1) is 16.1. The number of hydrogen-bond donors (Lipinski definition) is 1. The highest BCUT2D eigenvalue weighted by molar-refractivity contribution is 5.95. The Hall–Kier alpha value is -2.82. The summed E-state index contributed by atoms with van der Waals surface area (Å²) >= 11 is 0. The van der Waals surface area contributed by atoms with Crippen molar-refractivity contribution in [2.24, 2.45) is 0 Å². The number of rotatable bonds is 6. The van der Waals surface area contributed by atoms with Crippen LogP contribution >= 0.6 is 0 Å². The highest BCUT2D eigenvalue weighted by atomic mass is 16.5. The smallest absolute Gasteiger partial charge is 0.270 e. The van der Waals surface area contributed by atoms with Crippen molar-refractivity contribution in [3.05, 3.63) is 65.6 Å². The molecule has 1 aromatic carbocycles. The lowest BCUT2D eigenvalue weighted by molar-refractivity contribution is 0.0944. The predicted octanol–water partition coefficient (Wildman–Crippen LogP) is 3.23. The van der Waals surface area contributed by atoms with Gasteiger partial charge in [0, 0.05) is 12.7 Å². The van der Waals surface area contributed by atoms with E-state index in [2.05, 4.69) is 10.3 Å². The van der Waals surface area contributed by atoms with Crippen LogP contribution in [0, 0.1) is 0 Å². The summed E-state index contributed by atoms with van der Waals surface area (Å²) in [5.74, 6) is 0.564. The van der Waals surface area contributed by atoms with Crippen molar-refractivity contribution in [2.45, 2.75) is 26.8 Å². The van der Waals surface area contributed by atoms with Gasteiger partial charge in [0.05, 0.1) is 12.3 Å². The molecule has 5 nitrogen and oxygen atoms in total. The molecule has 3 rings (SSSR count). The van der Waals surface area contributed by atoms with E-state index in [4.69, 9.17) is 4.74 Å². The van der Waals surface area contributed by atoms with E-state index in [1.807, 2.05) is 66.9 Å². The number of benzene rings is 1. The fourth-order valence-electron chi connectivity index (χ4n) is 2.71. The molecule has 3 aromatic rings. The molecule has 0 aliphatic rings. The first-order valence-electron chi connectivity index (χ1n) is 8.19. The van der Waals surface area contributed by atoms with Crippen LogP contribution in [0.25, 0.3) is 5.65 Å². The standard InChI is InChI=1S/C19H21N3O2/c1-3-15-17(19(23)20-13-14-9-6-5-7-10-14)22-12-8-11-16(24-4-2)18(22)21-15/h5-12H,3-4,13H2,1-2H3,(H,20,23). The Morgan fingerprint density at radius 2 is 1.96 bits per heavy atom. The Balaban J connectivity index is 1.92. The van der Waals surface area contributed by atoms with Gasteiger partial charge in [-0.3, -0.25) is 9.20 Å². The number of amides is 1. The maximum absolute atomic E-state index is 12.7. The molecule has 0 radical (unpaired) electrons. The van der Waals surface area contributed by atoms with E-state index in [0.717, 1.165) is 11.3 Å². The van der Waals surface area contributed by atoms with Gasteiger partial charge in [-0.25, -0.2) is 4.98 Å². The van der Waals surface area contributed by atoms with E-state index in [1.54, 1.807) is 0 Å². The molecule has 2 heterocycles. The van der Waals surface area contributed by atoms with Crippen LogP contribution in [0.5, 0.6) is 5.75 Å². The van der Waals surface area contributed by atoms with Crippen LogP contribution in [0.1, 0.15) is 35.6 Å². The number of aryl methyl sites for hydroxylation is 1. The molecule has 1 amide bonds. The van der Waals surface area contributed by atoms with Crippen molar-refractivity contribution in [1.29, 1.82) is 0 Å². The molecule has 0 saturated heterocycles. The molecular formula is C19H21N3O2. The first-order chi connectivity index (χ1) is 11.7. The normalized spacial score (nSPS) is 10.8. The molecule has 0 bridgehead atoms. The zero-order chi connectivity index (χ0) is 16.9. The van der Waals surface area contributed by atoms with Gasteiger partial charge in [-0.15, -0.1) is 0 Å². The summed E-state index contributed by atoms with van der Waals surface area (Å²) in [7, 11) is 0. The summed E-state index contributed by atoms with van der Waals surface area (Å²) in [6.45, 7) is 4.97. The van der Waals surface area contributed by atoms with Gasteiger partial charge < -0.3 is 10.1 Å². The molecular weight excluding hydrogens is 302 g/mol. The Bertz CT molecular complexity index is 840. The van der Waals surface area contributed by atoms with Crippen molar-refractivity contribution >= 4 is 11.6 Å². The second-order valence-electron chi connectivity index (χ2n) is 5.43. The van der Waals surface area contributed by atoms with Crippen LogP contribution in [0.4, 0.5) is 0 Å². The molecule has 0 atom stereocenters. The highest BCUT2D eigenvalue weighted by Gasteiger charge is 2.19. The third-order valence-electron chi connectivity index (χ3n) is 3.83. The quantitative estimate of drug-likeness (QED) is 0.758. The maximum atomic E-state index is 12.7. The van der Waals surface area contributed by atoms with Gasteiger partial charge >= 0.3 is 0 Å². The summed E-state index contributed by atoms with van der Waals surface area (Å²) in [6, 6.07) is 13.6. The molecule has 124 valence electrons. The van der Waals surface area contributed by atoms with Crippen LogP contribution in [0.15, 0.2) is 48.7 Å². The van der Waals surface area contributed by atoms with Crippen LogP contribution in [0.3, 0.4) is 0 Å². The van der Waals surface area contributed by atoms with E-state index in [0.29, 0.717) is 36.7 Å². The molecule has 24 heavy (non-hydrogen) atoms. The van der Waals surface area contributed by atoms with Gasteiger partial charge in [-0.2, -0.15) is 0 Å². The van der Waals surface area contributed by atoms with Gasteiger partial charge in [0.25, 0.3) is 5.91 Å². The average molecular weight is 323 g/mol. The van der Waals surface area contributed by atoms with Crippen LogP contribution < -0.4 is 10.1 Å². The number of ether oxygens (including phenoxy) is 1. The lowest BCUT2D eigenvalue weighted by atomic mass is 10.2. The Labute approximate surface area is 141 Å². The number of nitrogens with zero attached hydrogens (tertiary/aromatic N) is 2. The number of fused-ring (bicyclic) bond motifs is 1. The van der Waals surface area contributed by atoms with E-state index >= 15 is 0 Å². The molecule has 0 saturated carbocycles. The minimum atomic E-state index is -0.128. The fraction of sp³-hybridized carbons (Fsp3) is 0.263. The molecule has 0 unspecified atom stereocenters. The van der Waals surface area contributed by atoms with E-state index < -0.39 is 0 Å². The Kier molecular flexibility index (Phi) is 4.79. The summed E-state index contributed by atoms with van der Waals surface area (Å²) in [5, 5.41) is 2.98. The lowest BCUT2D eigenvalue weighted by Gasteiger charge is -2.08. The largest absolute Gasteiger partial charge is 0.490 e. The summed E-state index contributed by atoms with van der Waals surface area (Å²) in [6.07, 6.45) is 2.53. The summed E-state index contributed by atoms with van der Waals surface area (Å²) < 4.78 is 7.44. The Morgan fingerprint density at radius 1 is 1.17 bits per heavy atom. The summed E-state index contributed by atoms with van der Waals surface area (Å²) in [4.78, 5) is 17.3. The lowest BCUT2D eigenvalue weighted by Crippen LogP contribution is -2.25. The first-order valence-corrected chi connectivity index (χ1v) is 8.19. The zero-order valence-corrected chi connectivity index (χ0v) is 14.0. The minimum Gasteiger partial charge on any atom is -0.490 e. The van der Waals surface area contributed by atoms with E-state index in [9.17, 15) is 4.79 Å². The van der Waals surface area contributed by atoms with Gasteiger partial charge in [-0.05, 0) is 31.0 Å². The molecule has 0 aliphatic heterocycles. The van der Waals surface area contributed by atoms with E-state index in [-0.39, 0.29) is 5.91 Å². The number of hydrogen-bond acceptors (Lipinski definition) is 3. The second-order valence-corrected chi connectivity index (χ2v) is 5.43. The maximum Gasteiger partial charge on any atom is 0.270 e. The van der Waals surface area contributed by atoms with Crippen molar-refractivity contribution in [1.82, 2.24) is 14.7 Å². The number of nitrogens with one attached hydrogen (secondary N) is 1. The molecule has 0 fully saturated rings. The number of carbonyl (C=O) groups excluding carboxylic acids is 1. The molecule has 5 heteroatoms. The zero-order valence-electron chi connectivity index (χ0n) is 14.0. The minimum absolute atomic E-state index is 0.128. The molecule has 0 aliphatic carbocycles. The van der Waals surface area contributed by atoms with Crippen molar-refractivity contribution in [3.63, 3.8) is 0 Å². The molecule has 2 aromatic heterocycles. The number of carbonyl (C=O) groups is 1. The monoisotopic (exact) mass is 323 g/mol. The van der Waals surface area contributed by atoms with Gasteiger partial charge in [-0.1, -0.05) is 37.3 Å². The van der Waals surface area contributed by atoms with Crippen molar-refractivity contribution in [3.8, 4) is 5.75 Å². The van der Waals surface area contributed by atoms with Crippen molar-refractivity contribution in [2.75, 3.05) is 6.61 Å². The van der Waals surface area contributed by atoms with Gasteiger partial charge in [0.1, 0.15) is 5.69 Å². The van der Waals surface area contributed by atoms with Gasteiger partial charge in [0.15, 0.2) is 11.4 Å². The predicted molar refractivity (Wildman–Crippen MR) is 93.4 cm³/mol. The molecule has 0 spiro atoms. The molecule has 1 N–H and O–H groups in total. The second kappa shape index (κ2) is 7.17. The SMILES string of the molecule is CCOc1cccn2c(C(=O)NCc3ccccc3)c(CC)nc12. The van der Waals surface area contributed by atoms with Crippen LogP contribution in [0.2, 0.25) is 0 Å². The number of imidazole rings is 1. The highest BCUT2D eigenvalue weighted by Crippen LogP contribution is 2.22. The third kappa shape index (κ3) is 3.11. The average Bonchev–Trinajstić information content (AvgIpc) is 3.00. The fourth-order valence-corrected chi connectivity index (χ4v) is 2.71. The van der Waals surface area contributed by atoms with E-state index in [1.165, 1.54) is 0 Å². The Morgan fingerprint density at radius 3 is 2.67 bits per heavy atom. The number of pyridine rings is 1. The number of aromatic nitrogens is 2. The van der Waals surface area contributed by atoms with Crippen molar-refractivity contribution < 1.29 is 9.53 Å². The third-order valence-corrected chi connectivity index (χ3v) is 3.83. The van der Waals surface area contributed by atoms with Gasteiger partial charge in [0.2, 0.25) is 0 Å².